The van der Waals surface area contributed by atoms with E-state index in [9.17, 15) is 5.11 Å². The number of hydrogen-bond donors (Lipinski definition) is 3. The van der Waals surface area contributed by atoms with Crippen LogP contribution in [0.25, 0.3) is 16.9 Å². The Bertz CT molecular complexity index is 1170. The van der Waals surface area contributed by atoms with Crippen molar-refractivity contribution in [2.24, 2.45) is 0 Å². The molecule has 0 radical (unpaired) electrons. The van der Waals surface area contributed by atoms with E-state index < -0.39 is 6.23 Å². The van der Waals surface area contributed by atoms with E-state index in [0.717, 1.165) is 28.3 Å². The van der Waals surface area contributed by atoms with Crippen LogP contribution in [-0.4, -0.2) is 25.9 Å². The van der Waals surface area contributed by atoms with Gasteiger partial charge in [0.1, 0.15) is 12.0 Å². The van der Waals surface area contributed by atoms with Crippen molar-refractivity contribution in [2.75, 3.05) is 5.32 Å². The first-order valence-electron chi connectivity index (χ1n) is 9.85. The van der Waals surface area contributed by atoms with Crippen molar-refractivity contribution < 1.29 is 5.11 Å². The van der Waals surface area contributed by atoms with Gasteiger partial charge in [0.15, 0.2) is 0 Å². The van der Waals surface area contributed by atoms with Crippen LogP contribution in [0.1, 0.15) is 22.5 Å². The molecule has 2 aromatic carbocycles. The minimum absolute atomic E-state index is 0.484. The van der Waals surface area contributed by atoms with Gasteiger partial charge in [-0.05, 0) is 24.6 Å². The fraction of sp³-hybridized carbons (Fsp3) is 0.217. The standard InChI is InChI=1S/C23H23N5O/c1-15-11-17-9-5-6-10-20(17)28(15)23-26-19-14-24-21(29)12-18(19)22(27-23)25-13-16-7-3-2-4-8-16/h2-11,21,24,29H,12-14H2,1H3,(H,25,26,27). The van der Waals surface area contributed by atoms with Gasteiger partial charge in [-0.3, -0.25) is 9.88 Å². The molecule has 3 N–H and O–H groups in total. The fourth-order valence-corrected chi connectivity index (χ4v) is 3.94. The molecule has 1 aliphatic heterocycles. The quantitative estimate of drug-likeness (QED) is 0.503. The van der Waals surface area contributed by atoms with Crippen molar-refractivity contribution in [3.63, 3.8) is 0 Å². The van der Waals surface area contributed by atoms with Gasteiger partial charge in [0.2, 0.25) is 5.95 Å². The Morgan fingerprint density at radius 1 is 1.10 bits per heavy atom. The highest BCUT2D eigenvalue weighted by Gasteiger charge is 2.23. The molecule has 4 aromatic rings. The second kappa shape index (κ2) is 7.31. The van der Waals surface area contributed by atoms with Gasteiger partial charge in [-0.15, -0.1) is 0 Å². The zero-order chi connectivity index (χ0) is 19.8. The van der Waals surface area contributed by atoms with Crippen LogP contribution in [0.5, 0.6) is 0 Å². The molecular formula is C23H23N5O. The van der Waals surface area contributed by atoms with Crippen LogP contribution in [0.4, 0.5) is 5.82 Å². The number of aliphatic hydroxyl groups excluding tert-OH is 1. The molecule has 0 saturated carbocycles. The summed E-state index contributed by atoms with van der Waals surface area (Å²) in [5.41, 5.74) is 5.25. The highest BCUT2D eigenvalue weighted by Crippen LogP contribution is 2.27. The molecule has 0 amide bonds. The molecular weight excluding hydrogens is 362 g/mol. The van der Waals surface area contributed by atoms with Crippen LogP contribution in [0.3, 0.4) is 0 Å². The second-order valence-electron chi connectivity index (χ2n) is 7.42. The number of fused-ring (bicyclic) bond motifs is 2. The van der Waals surface area contributed by atoms with E-state index in [1.807, 2.05) is 30.3 Å². The first-order valence-corrected chi connectivity index (χ1v) is 9.85. The van der Waals surface area contributed by atoms with Crippen molar-refractivity contribution >= 4 is 16.7 Å². The summed E-state index contributed by atoms with van der Waals surface area (Å²) in [6.45, 7) is 3.25. The van der Waals surface area contributed by atoms with Crippen LogP contribution in [0, 0.1) is 6.92 Å². The van der Waals surface area contributed by atoms with E-state index in [4.69, 9.17) is 9.97 Å². The highest BCUT2D eigenvalue weighted by atomic mass is 16.3. The van der Waals surface area contributed by atoms with E-state index >= 15 is 0 Å². The Labute approximate surface area is 169 Å². The summed E-state index contributed by atoms with van der Waals surface area (Å²) in [5, 5.41) is 17.8. The molecule has 6 heteroatoms. The van der Waals surface area contributed by atoms with Crippen molar-refractivity contribution in [3.05, 3.63) is 83.2 Å². The molecule has 5 rings (SSSR count). The number of aromatic nitrogens is 3. The van der Waals surface area contributed by atoms with E-state index in [2.05, 4.69) is 52.5 Å². The van der Waals surface area contributed by atoms with E-state index in [0.29, 0.717) is 25.5 Å². The first kappa shape index (κ1) is 17.8. The highest BCUT2D eigenvalue weighted by molar-refractivity contribution is 5.82. The number of aliphatic hydroxyl groups is 1. The zero-order valence-electron chi connectivity index (χ0n) is 16.3. The van der Waals surface area contributed by atoms with Crippen molar-refractivity contribution in [2.45, 2.75) is 32.7 Å². The molecule has 0 bridgehead atoms. The minimum atomic E-state index is -0.580. The maximum absolute atomic E-state index is 10.1. The maximum atomic E-state index is 10.1. The summed E-state index contributed by atoms with van der Waals surface area (Å²) < 4.78 is 2.09. The third kappa shape index (κ3) is 3.37. The maximum Gasteiger partial charge on any atom is 0.236 e. The lowest BCUT2D eigenvalue weighted by Crippen LogP contribution is -2.36. The van der Waals surface area contributed by atoms with Crippen molar-refractivity contribution in [1.82, 2.24) is 19.9 Å². The number of hydrogen-bond acceptors (Lipinski definition) is 5. The number of benzene rings is 2. The number of nitrogens with one attached hydrogen (secondary N) is 2. The normalized spacial score (nSPS) is 16.0. The third-order valence-corrected chi connectivity index (χ3v) is 5.38. The van der Waals surface area contributed by atoms with Crippen LogP contribution in [0.2, 0.25) is 0 Å². The van der Waals surface area contributed by atoms with E-state index in [1.165, 1.54) is 10.9 Å². The minimum Gasteiger partial charge on any atom is -0.378 e. The van der Waals surface area contributed by atoms with Crippen molar-refractivity contribution in [1.29, 1.82) is 0 Å². The summed E-state index contributed by atoms with van der Waals surface area (Å²) in [4.78, 5) is 9.75. The summed E-state index contributed by atoms with van der Waals surface area (Å²) >= 11 is 0. The second-order valence-corrected chi connectivity index (χ2v) is 7.42. The molecule has 1 atom stereocenters. The van der Waals surface area contributed by atoms with Gasteiger partial charge < -0.3 is 10.4 Å². The van der Waals surface area contributed by atoms with Gasteiger partial charge >= 0.3 is 0 Å². The summed E-state index contributed by atoms with van der Waals surface area (Å²) in [6.07, 6.45) is -0.0959. The number of anilines is 1. The van der Waals surface area contributed by atoms with Gasteiger partial charge in [-0.25, -0.2) is 4.98 Å². The lowest BCUT2D eigenvalue weighted by atomic mass is 10.1. The first-order chi connectivity index (χ1) is 14.2. The Kier molecular flexibility index (Phi) is 4.50. The SMILES string of the molecule is Cc1cc2ccccc2n1-c1nc2c(c(NCc3ccccc3)n1)CC(O)NC2. The molecule has 146 valence electrons. The van der Waals surface area contributed by atoms with E-state index in [1.54, 1.807) is 0 Å². The summed E-state index contributed by atoms with van der Waals surface area (Å²) in [5.74, 6) is 1.43. The predicted octanol–water partition coefficient (Wildman–Crippen LogP) is 3.31. The Morgan fingerprint density at radius 2 is 1.90 bits per heavy atom. The molecule has 29 heavy (non-hydrogen) atoms. The van der Waals surface area contributed by atoms with Crippen molar-refractivity contribution in [3.8, 4) is 5.95 Å². The Balaban J connectivity index is 1.60. The van der Waals surface area contributed by atoms with E-state index in [-0.39, 0.29) is 0 Å². The number of rotatable bonds is 4. The Hall–Kier alpha value is -3.22. The molecule has 0 saturated heterocycles. The predicted molar refractivity (Wildman–Crippen MR) is 114 cm³/mol. The van der Waals surface area contributed by atoms with Gasteiger partial charge in [-0.1, -0.05) is 48.5 Å². The third-order valence-electron chi connectivity index (χ3n) is 5.38. The van der Waals surface area contributed by atoms with Crippen LogP contribution in [0.15, 0.2) is 60.7 Å². The molecule has 0 aliphatic carbocycles. The number of aryl methyl sites for hydroxylation is 1. The van der Waals surface area contributed by atoms with Gasteiger partial charge in [0.05, 0.1) is 11.2 Å². The lowest BCUT2D eigenvalue weighted by molar-refractivity contribution is 0.127. The smallest absolute Gasteiger partial charge is 0.236 e. The molecule has 1 aliphatic rings. The van der Waals surface area contributed by atoms with Crippen LogP contribution in [-0.2, 0) is 19.5 Å². The molecule has 2 aromatic heterocycles. The summed E-state index contributed by atoms with van der Waals surface area (Å²) in [7, 11) is 0. The van der Waals surface area contributed by atoms with Crippen LogP contribution < -0.4 is 10.6 Å². The molecule has 0 spiro atoms. The lowest BCUT2D eigenvalue weighted by Gasteiger charge is -2.24. The molecule has 3 heterocycles. The van der Waals surface area contributed by atoms with Crippen LogP contribution >= 0.6 is 0 Å². The zero-order valence-corrected chi connectivity index (χ0v) is 16.3. The average molecular weight is 385 g/mol. The van der Waals surface area contributed by atoms with Gasteiger partial charge in [0.25, 0.3) is 0 Å². The summed E-state index contributed by atoms with van der Waals surface area (Å²) in [6, 6.07) is 20.6. The monoisotopic (exact) mass is 385 g/mol. The molecule has 1 unspecified atom stereocenters. The average Bonchev–Trinajstić information content (AvgIpc) is 3.08. The molecule has 6 nitrogen and oxygen atoms in total. The fourth-order valence-electron chi connectivity index (χ4n) is 3.94. The largest absolute Gasteiger partial charge is 0.378 e. The van der Waals surface area contributed by atoms with Gasteiger partial charge in [-0.2, -0.15) is 4.98 Å². The Morgan fingerprint density at radius 3 is 2.76 bits per heavy atom. The number of para-hydroxylation sites is 1. The number of nitrogens with zero attached hydrogens (tertiary/aromatic N) is 3. The molecule has 0 fully saturated rings. The topological polar surface area (TPSA) is 75.0 Å². The van der Waals surface area contributed by atoms with Gasteiger partial charge in [0, 0.05) is 36.2 Å².